The first kappa shape index (κ1) is 14.9. The van der Waals surface area contributed by atoms with Gasteiger partial charge in [0.2, 0.25) is 0 Å². The van der Waals surface area contributed by atoms with E-state index in [1.54, 1.807) is 12.3 Å². The van der Waals surface area contributed by atoms with E-state index in [9.17, 15) is 4.79 Å². The summed E-state index contributed by atoms with van der Waals surface area (Å²) in [6.07, 6.45) is 3.76. The smallest absolute Gasteiger partial charge is 0.253 e. The number of carbonyl (C=O) groups is 1. The number of anilines is 1. The van der Waals surface area contributed by atoms with E-state index in [1.807, 2.05) is 31.2 Å². The molecule has 0 bridgehead atoms. The first-order chi connectivity index (χ1) is 10.6. The number of pyridine rings is 1. The van der Waals surface area contributed by atoms with Crippen molar-refractivity contribution in [1.29, 1.82) is 0 Å². The number of hydrogen-bond donors (Lipinski definition) is 2. The van der Waals surface area contributed by atoms with Crippen molar-refractivity contribution in [2.24, 2.45) is 0 Å². The number of halogens is 1. The molecule has 1 heterocycles. The molecule has 2 aromatic rings. The van der Waals surface area contributed by atoms with Gasteiger partial charge in [0.25, 0.3) is 5.91 Å². The SMILES string of the molecule is Cc1ccc(Cl)cc1CNc1ccc(C(=O)NC2CC2)cn1. The molecule has 1 aromatic carbocycles. The van der Waals surface area contributed by atoms with E-state index >= 15 is 0 Å². The molecular weight excluding hydrogens is 298 g/mol. The van der Waals surface area contributed by atoms with Gasteiger partial charge in [-0.05, 0) is 55.2 Å². The van der Waals surface area contributed by atoms with Crippen molar-refractivity contribution < 1.29 is 4.79 Å². The number of amides is 1. The van der Waals surface area contributed by atoms with Gasteiger partial charge in [-0.3, -0.25) is 4.79 Å². The van der Waals surface area contributed by atoms with Gasteiger partial charge in [0, 0.05) is 23.8 Å². The Bertz CT molecular complexity index is 681. The van der Waals surface area contributed by atoms with Gasteiger partial charge >= 0.3 is 0 Å². The third kappa shape index (κ3) is 3.77. The van der Waals surface area contributed by atoms with Gasteiger partial charge in [0.05, 0.1) is 5.56 Å². The highest BCUT2D eigenvalue weighted by Gasteiger charge is 2.23. The molecule has 22 heavy (non-hydrogen) atoms. The molecule has 1 aliphatic rings. The van der Waals surface area contributed by atoms with E-state index in [1.165, 1.54) is 5.56 Å². The Kier molecular flexibility index (Phi) is 4.29. The molecule has 1 aromatic heterocycles. The van der Waals surface area contributed by atoms with E-state index in [0.29, 0.717) is 18.2 Å². The van der Waals surface area contributed by atoms with Crippen LogP contribution >= 0.6 is 11.6 Å². The summed E-state index contributed by atoms with van der Waals surface area (Å²) in [7, 11) is 0. The Hall–Kier alpha value is -2.07. The fourth-order valence-corrected chi connectivity index (χ4v) is 2.34. The van der Waals surface area contributed by atoms with Gasteiger partial charge in [-0.1, -0.05) is 17.7 Å². The molecule has 5 heteroatoms. The summed E-state index contributed by atoms with van der Waals surface area (Å²) in [5.74, 6) is 0.689. The van der Waals surface area contributed by atoms with Crippen molar-refractivity contribution in [1.82, 2.24) is 10.3 Å². The number of rotatable bonds is 5. The zero-order valence-corrected chi connectivity index (χ0v) is 13.2. The number of benzene rings is 1. The van der Waals surface area contributed by atoms with Crippen molar-refractivity contribution in [3.63, 3.8) is 0 Å². The van der Waals surface area contributed by atoms with Crippen molar-refractivity contribution in [2.75, 3.05) is 5.32 Å². The number of aryl methyl sites for hydroxylation is 1. The highest BCUT2D eigenvalue weighted by atomic mass is 35.5. The first-order valence-electron chi connectivity index (χ1n) is 7.37. The van der Waals surface area contributed by atoms with Crippen LogP contribution in [0.4, 0.5) is 5.82 Å². The summed E-state index contributed by atoms with van der Waals surface area (Å²) in [5, 5.41) is 6.92. The van der Waals surface area contributed by atoms with Crippen LogP contribution in [0, 0.1) is 6.92 Å². The van der Waals surface area contributed by atoms with Gasteiger partial charge < -0.3 is 10.6 Å². The number of nitrogens with one attached hydrogen (secondary N) is 2. The van der Waals surface area contributed by atoms with Crippen molar-refractivity contribution in [2.45, 2.75) is 32.4 Å². The molecule has 1 saturated carbocycles. The minimum absolute atomic E-state index is 0.0489. The third-order valence-electron chi connectivity index (χ3n) is 3.71. The molecule has 1 fully saturated rings. The topological polar surface area (TPSA) is 54.0 Å². The minimum Gasteiger partial charge on any atom is -0.366 e. The summed E-state index contributed by atoms with van der Waals surface area (Å²) >= 11 is 6.01. The summed E-state index contributed by atoms with van der Waals surface area (Å²) in [5.41, 5.74) is 2.90. The van der Waals surface area contributed by atoms with Crippen LogP contribution in [0.15, 0.2) is 36.5 Å². The molecule has 2 N–H and O–H groups in total. The second kappa shape index (κ2) is 6.36. The molecule has 0 spiro atoms. The molecule has 0 saturated heterocycles. The fraction of sp³-hybridized carbons (Fsp3) is 0.294. The maximum absolute atomic E-state index is 11.9. The summed E-state index contributed by atoms with van der Waals surface area (Å²) in [6.45, 7) is 2.69. The number of hydrogen-bond acceptors (Lipinski definition) is 3. The largest absolute Gasteiger partial charge is 0.366 e. The lowest BCUT2D eigenvalue weighted by Gasteiger charge is -2.09. The molecule has 0 aliphatic heterocycles. The summed E-state index contributed by atoms with van der Waals surface area (Å²) in [6, 6.07) is 9.79. The van der Waals surface area contributed by atoms with Crippen molar-refractivity contribution in [3.8, 4) is 0 Å². The van der Waals surface area contributed by atoms with Gasteiger partial charge in [0.15, 0.2) is 0 Å². The number of nitrogens with zero attached hydrogens (tertiary/aromatic N) is 1. The second-order valence-electron chi connectivity index (χ2n) is 5.60. The van der Waals surface area contributed by atoms with E-state index in [0.717, 1.165) is 29.2 Å². The molecule has 3 rings (SSSR count). The predicted molar refractivity (Wildman–Crippen MR) is 88.2 cm³/mol. The Morgan fingerprint density at radius 1 is 1.32 bits per heavy atom. The zero-order chi connectivity index (χ0) is 15.5. The monoisotopic (exact) mass is 315 g/mol. The van der Waals surface area contributed by atoms with Crippen LogP contribution in [0.1, 0.15) is 34.3 Å². The maximum Gasteiger partial charge on any atom is 0.253 e. The highest BCUT2D eigenvalue weighted by molar-refractivity contribution is 6.30. The summed E-state index contributed by atoms with van der Waals surface area (Å²) in [4.78, 5) is 16.2. The number of aromatic nitrogens is 1. The molecule has 0 radical (unpaired) electrons. The number of carbonyl (C=O) groups excluding carboxylic acids is 1. The Balaban J connectivity index is 1.60. The third-order valence-corrected chi connectivity index (χ3v) is 3.94. The van der Waals surface area contributed by atoms with Gasteiger partial charge in [0.1, 0.15) is 5.82 Å². The Morgan fingerprint density at radius 3 is 2.82 bits per heavy atom. The van der Waals surface area contributed by atoms with E-state index in [4.69, 9.17) is 11.6 Å². The molecule has 0 atom stereocenters. The van der Waals surface area contributed by atoms with Crippen LogP contribution in [0.2, 0.25) is 5.02 Å². The van der Waals surface area contributed by atoms with Crippen LogP contribution < -0.4 is 10.6 Å². The Morgan fingerprint density at radius 2 is 2.14 bits per heavy atom. The lowest BCUT2D eigenvalue weighted by Crippen LogP contribution is -2.25. The first-order valence-corrected chi connectivity index (χ1v) is 7.75. The van der Waals surface area contributed by atoms with Crippen LogP contribution in [0.25, 0.3) is 0 Å². The lowest BCUT2D eigenvalue weighted by molar-refractivity contribution is 0.0951. The zero-order valence-electron chi connectivity index (χ0n) is 12.4. The normalized spacial score (nSPS) is 13.7. The van der Waals surface area contributed by atoms with Crippen LogP contribution in [0.3, 0.4) is 0 Å². The quantitative estimate of drug-likeness (QED) is 0.887. The molecule has 114 valence electrons. The van der Waals surface area contributed by atoms with Crippen LogP contribution in [0.5, 0.6) is 0 Å². The average molecular weight is 316 g/mol. The van der Waals surface area contributed by atoms with E-state index in [-0.39, 0.29) is 5.91 Å². The molecule has 1 amide bonds. The average Bonchev–Trinajstić information content (AvgIpc) is 3.32. The fourth-order valence-electron chi connectivity index (χ4n) is 2.15. The highest BCUT2D eigenvalue weighted by Crippen LogP contribution is 2.20. The van der Waals surface area contributed by atoms with Gasteiger partial charge in [-0.2, -0.15) is 0 Å². The van der Waals surface area contributed by atoms with E-state index in [2.05, 4.69) is 15.6 Å². The van der Waals surface area contributed by atoms with Crippen molar-refractivity contribution >= 4 is 23.3 Å². The van der Waals surface area contributed by atoms with Crippen LogP contribution in [-0.4, -0.2) is 16.9 Å². The minimum atomic E-state index is -0.0489. The lowest BCUT2D eigenvalue weighted by atomic mass is 10.1. The Labute approximate surface area is 134 Å². The standard InChI is InChI=1S/C17H18ClN3O/c1-11-2-4-14(18)8-13(11)10-20-16-7-3-12(9-19-16)17(22)21-15-5-6-15/h2-4,7-9,15H,5-6,10H2,1H3,(H,19,20)(H,21,22). The predicted octanol–water partition coefficient (Wildman–Crippen LogP) is 3.55. The van der Waals surface area contributed by atoms with Gasteiger partial charge in [-0.15, -0.1) is 0 Å². The van der Waals surface area contributed by atoms with E-state index < -0.39 is 0 Å². The van der Waals surface area contributed by atoms with Crippen LogP contribution in [-0.2, 0) is 6.54 Å². The molecule has 4 nitrogen and oxygen atoms in total. The van der Waals surface area contributed by atoms with Crippen molar-refractivity contribution in [3.05, 3.63) is 58.2 Å². The molecular formula is C17H18ClN3O. The second-order valence-corrected chi connectivity index (χ2v) is 6.04. The summed E-state index contributed by atoms with van der Waals surface area (Å²) < 4.78 is 0. The molecule has 0 unspecified atom stereocenters. The molecule has 1 aliphatic carbocycles. The van der Waals surface area contributed by atoms with Gasteiger partial charge in [-0.25, -0.2) is 4.98 Å². The maximum atomic E-state index is 11.9.